The van der Waals surface area contributed by atoms with Crippen LogP contribution in [0.15, 0.2) is 36.5 Å². The molecule has 0 aliphatic carbocycles. The second kappa shape index (κ2) is 5.85. The lowest BCUT2D eigenvalue weighted by Gasteiger charge is -2.10. The van der Waals surface area contributed by atoms with Crippen molar-refractivity contribution < 1.29 is 4.74 Å². The second-order valence-corrected chi connectivity index (χ2v) is 3.99. The first-order valence-electron chi connectivity index (χ1n) is 5.74. The number of methoxy groups -OCH3 is 1. The first-order valence-corrected chi connectivity index (χ1v) is 5.74. The number of anilines is 3. The maximum atomic E-state index is 8.92. The maximum absolute atomic E-state index is 8.92. The number of nitrogens with two attached hydrogens (primary N) is 1. The molecule has 2 rings (SSSR count). The molecule has 0 radical (unpaired) electrons. The summed E-state index contributed by atoms with van der Waals surface area (Å²) in [6.45, 7) is 0.538. The van der Waals surface area contributed by atoms with Gasteiger partial charge in [0.2, 0.25) is 0 Å². The topological polar surface area (TPSA) is 84.0 Å². The summed E-state index contributed by atoms with van der Waals surface area (Å²) in [5.74, 6) is 0.480. The molecule has 0 saturated heterocycles. The smallest absolute Gasteiger partial charge is 0.154 e. The van der Waals surface area contributed by atoms with E-state index >= 15 is 0 Å². The number of rotatable bonds is 4. The summed E-state index contributed by atoms with van der Waals surface area (Å²) < 4.78 is 5.08. The van der Waals surface area contributed by atoms with Gasteiger partial charge in [-0.2, -0.15) is 5.26 Å². The average molecular weight is 254 g/mol. The molecule has 0 atom stereocenters. The minimum atomic E-state index is 0.349. The van der Waals surface area contributed by atoms with Crippen LogP contribution in [-0.2, 0) is 11.3 Å². The van der Waals surface area contributed by atoms with Gasteiger partial charge in [0.05, 0.1) is 17.9 Å². The van der Waals surface area contributed by atoms with Crippen molar-refractivity contribution in [1.82, 2.24) is 4.98 Å². The molecule has 0 unspecified atom stereocenters. The maximum Gasteiger partial charge on any atom is 0.154 e. The van der Waals surface area contributed by atoms with Crippen LogP contribution in [0.3, 0.4) is 0 Å². The number of nitrogens with zero attached hydrogens (tertiary/aromatic N) is 2. The highest BCUT2D eigenvalue weighted by atomic mass is 16.5. The zero-order chi connectivity index (χ0) is 13.7. The molecule has 1 aromatic heterocycles. The number of nitrogens with one attached hydrogen (secondary N) is 1. The van der Waals surface area contributed by atoms with E-state index in [1.165, 1.54) is 0 Å². The molecule has 5 nitrogen and oxygen atoms in total. The molecule has 19 heavy (non-hydrogen) atoms. The van der Waals surface area contributed by atoms with Crippen molar-refractivity contribution in [2.45, 2.75) is 6.61 Å². The average Bonchev–Trinajstić information content (AvgIpc) is 2.42. The largest absolute Gasteiger partial charge is 0.395 e. The van der Waals surface area contributed by atoms with Crippen LogP contribution in [0.2, 0.25) is 0 Å². The fourth-order valence-electron chi connectivity index (χ4n) is 1.71. The van der Waals surface area contributed by atoms with Gasteiger partial charge in [0.25, 0.3) is 0 Å². The van der Waals surface area contributed by atoms with Crippen molar-refractivity contribution in [1.29, 1.82) is 5.26 Å². The molecule has 0 spiro atoms. The molecule has 3 N–H and O–H groups in total. The van der Waals surface area contributed by atoms with Gasteiger partial charge >= 0.3 is 0 Å². The van der Waals surface area contributed by atoms with Crippen LogP contribution in [0, 0.1) is 11.3 Å². The summed E-state index contributed by atoms with van der Waals surface area (Å²) in [5, 5.41) is 12.0. The molecule has 0 saturated carbocycles. The monoisotopic (exact) mass is 254 g/mol. The van der Waals surface area contributed by atoms with E-state index in [0.717, 1.165) is 11.3 Å². The zero-order valence-electron chi connectivity index (χ0n) is 10.6. The van der Waals surface area contributed by atoms with E-state index < -0.39 is 0 Å². The van der Waals surface area contributed by atoms with Gasteiger partial charge < -0.3 is 15.8 Å². The molecular weight excluding hydrogens is 240 g/mol. The van der Waals surface area contributed by atoms with Crippen LogP contribution in [0.4, 0.5) is 17.2 Å². The minimum absolute atomic E-state index is 0.349. The molecule has 5 heteroatoms. The first kappa shape index (κ1) is 12.9. The Morgan fingerprint density at radius 3 is 3.00 bits per heavy atom. The van der Waals surface area contributed by atoms with Gasteiger partial charge in [0, 0.05) is 19.0 Å². The van der Waals surface area contributed by atoms with Gasteiger partial charge in [-0.1, -0.05) is 12.1 Å². The normalized spacial score (nSPS) is 9.89. The van der Waals surface area contributed by atoms with Crippen LogP contribution >= 0.6 is 0 Å². The Balaban J connectivity index is 2.26. The second-order valence-electron chi connectivity index (χ2n) is 3.99. The highest BCUT2D eigenvalue weighted by Crippen LogP contribution is 2.23. The Morgan fingerprint density at radius 1 is 1.42 bits per heavy atom. The molecule has 1 heterocycles. The van der Waals surface area contributed by atoms with Crippen LogP contribution < -0.4 is 11.1 Å². The summed E-state index contributed by atoms with van der Waals surface area (Å²) in [5.41, 5.74) is 8.52. The van der Waals surface area contributed by atoms with Crippen molar-refractivity contribution in [2.75, 3.05) is 18.2 Å². The summed E-state index contributed by atoms with van der Waals surface area (Å²) in [6, 6.07) is 11.4. The van der Waals surface area contributed by atoms with Gasteiger partial charge in [-0.25, -0.2) is 4.98 Å². The van der Waals surface area contributed by atoms with Crippen LogP contribution in [-0.4, -0.2) is 12.1 Å². The highest BCUT2D eigenvalue weighted by Gasteiger charge is 2.06. The molecule has 96 valence electrons. The van der Waals surface area contributed by atoms with Crippen molar-refractivity contribution >= 4 is 17.2 Å². The Morgan fingerprint density at radius 2 is 2.26 bits per heavy atom. The van der Waals surface area contributed by atoms with Crippen molar-refractivity contribution in [2.24, 2.45) is 0 Å². The van der Waals surface area contributed by atoms with Gasteiger partial charge in [-0.3, -0.25) is 0 Å². The molecule has 0 bridgehead atoms. The van der Waals surface area contributed by atoms with Crippen LogP contribution in [0.1, 0.15) is 11.1 Å². The standard InChI is InChI=1S/C14H14N4O/c1-19-9-10-3-2-4-12(7-10)18-14-13(16)11(8-15)5-6-17-14/h2-7H,9,16H2,1H3,(H,17,18). The number of hydrogen-bond acceptors (Lipinski definition) is 5. The van der Waals surface area contributed by atoms with E-state index in [2.05, 4.69) is 10.3 Å². The zero-order valence-corrected chi connectivity index (χ0v) is 10.6. The number of pyridine rings is 1. The summed E-state index contributed by atoms with van der Waals surface area (Å²) in [4.78, 5) is 4.14. The summed E-state index contributed by atoms with van der Waals surface area (Å²) >= 11 is 0. The number of hydrogen-bond donors (Lipinski definition) is 2. The lowest BCUT2D eigenvalue weighted by Crippen LogP contribution is -2.01. The van der Waals surface area contributed by atoms with Crippen LogP contribution in [0.5, 0.6) is 0 Å². The third-order valence-corrected chi connectivity index (χ3v) is 2.61. The van der Waals surface area contributed by atoms with Gasteiger partial charge in [-0.15, -0.1) is 0 Å². The Kier molecular flexibility index (Phi) is 3.96. The molecule has 0 aliphatic rings. The number of ether oxygens (including phenoxy) is 1. The van der Waals surface area contributed by atoms with Crippen LogP contribution in [0.25, 0.3) is 0 Å². The fourth-order valence-corrected chi connectivity index (χ4v) is 1.71. The highest BCUT2D eigenvalue weighted by molar-refractivity contribution is 5.73. The molecular formula is C14H14N4O. The quantitative estimate of drug-likeness (QED) is 0.875. The Bertz CT molecular complexity index is 619. The van der Waals surface area contributed by atoms with E-state index in [-0.39, 0.29) is 0 Å². The number of nitrogen functional groups attached to an aromatic ring is 1. The number of aromatic nitrogens is 1. The molecule has 0 fully saturated rings. The molecule has 2 aromatic rings. The lowest BCUT2D eigenvalue weighted by atomic mass is 10.2. The van der Waals surface area contributed by atoms with E-state index in [1.54, 1.807) is 19.4 Å². The summed E-state index contributed by atoms with van der Waals surface area (Å²) in [6.07, 6.45) is 1.55. The van der Waals surface area contributed by atoms with E-state index in [1.807, 2.05) is 30.3 Å². The molecule has 0 aliphatic heterocycles. The first-order chi connectivity index (χ1) is 9.24. The predicted molar refractivity (Wildman–Crippen MR) is 73.8 cm³/mol. The Labute approximate surface area is 111 Å². The predicted octanol–water partition coefficient (Wildman–Crippen LogP) is 2.43. The van der Waals surface area contributed by atoms with Crippen molar-refractivity contribution in [3.05, 3.63) is 47.7 Å². The van der Waals surface area contributed by atoms with Gasteiger partial charge in [-0.05, 0) is 23.8 Å². The van der Waals surface area contributed by atoms with E-state index in [9.17, 15) is 0 Å². The van der Waals surface area contributed by atoms with Gasteiger partial charge in [0.1, 0.15) is 6.07 Å². The van der Waals surface area contributed by atoms with Crippen molar-refractivity contribution in [3.63, 3.8) is 0 Å². The third kappa shape index (κ3) is 3.00. The molecule has 0 amide bonds. The van der Waals surface area contributed by atoms with Crippen molar-refractivity contribution in [3.8, 4) is 6.07 Å². The number of benzene rings is 1. The molecule has 1 aromatic carbocycles. The fraction of sp³-hybridized carbons (Fsp3) is 0.143. The lowest BCUT2D eigenvalue weighted by molar-refractivity contribution is 0.185. The van der Waals surface area contributed by atoms with Gasteiger partial charge in [0.15, 0.2) is 5.82 Å². The van der Waals surface area contributed by atoms with E-state index in [4.69, 9.17) is 15.7 Å². The van der Waals surface area contributed by atoms with E-state index in [0.29, 0.717) is 23.7 Å². The Hall–Kier alpha value is -2.58. The summed E-state index contributed by atoms with van der Waals surface area (Å²) in [7, 11) is 1.65. The third-order valence-electron chi connectivity index (χ3n) is 2.61. The minimum Gasteiger partial charge on any atom is -0.395 e. The number of nitriles is 1. The SMILES string of the molecule is COCc1cccc(Nc2nccc(C#N)c2N)c1.